The Morgan fingerprint density at radius 1 is 1.12 bits per heavy atom. The van der Waals surface area contributed by atoms with E-state index in [2.05, 4.69) is 10.2 Å². The van der Waals surface area contributed by atoms with E-state index in [1.165, 1.54) is 19.3 Å². The van der Waals surface area contributed by atoms with E-state index in [1.807, 2.05) is 12.1 Å². The minimum Gasteiger partial charge on any atom is -0.370 e. The summed E-state index contributed by atoms with van der Waals surface area (Å²) in [6.07, 6.45) is 7.00. The fraction of sp³-hybridized carbons (Fsp3) is 0.632. The number of hydrogen-bond acceptors (Lipinski definition) is 4. The van der Waals surface area contributed by atoms with Crippen LogP contribution >= 0.6 is 11.6 Å². The van der Waals surface area contributed by atoms with Crippen LogP contribution in [0.5, 0.6) is 0 Å². The molecule has 0 spiro atoms. The number of rotatable bonds is 6. The molecule has 0 radical (unpaired) electrons. The van der Waals surface area contributed by atoms with E-state index in [-0.39, 0.29) is 23.3 Å². The molecule has 1 aliphatic heterocycles. The van der Waals surface area contributed by atoms with E-state index in [0.29, 0.717) is 10.7 Å². The van der Waals surface area contributed by atoms with Crippen molar-refractivity contribution in [1.82, 2.24) is 0 Å². The number of sulfone groups is 1. The zero-order chi connectivity index (χ0) is 18.6. The highest BCUT2D eigenvalue weighted by Gasteiger charge is 2.28. The molecule has 1 aromatic rings. The van der Waals surface area contributed by atoms with Crippen LogP contribution in [-0.2, 0) is 14.6 Å². The molecule has 0 unspecified atom stereocenters. The monoisotopic (exact) mass is 398 g/mol. The minimum atomic E-state index is -3.17. The van der Waals surface area contributed by atoms with E-state index < -0.39 is 9.84 Å². The number of benzene rings is 1. The highest BCUT2D eigenvalue weighted by Crippen LogP contribution is 2.31. The topological polar surface area (TPSA) is 66.5 Å². The third-order valence-electron chi connectivity index (χ3n) is 5.35. The molecule has 2 aliphatic rings. The third-order valence-corrected chi connectivity index (χ3v) is 7.91. The molecule has 0 atom stereocenters. The van der Waals surface area contributed by atoms with Gasteiger partial charge in [0.05, 0.1) is 21.7 Å². The number of anilines is 2. The summed E-state index contributed by atoms with van der Waals surface area (Å²) in [5, 5.41) is 3.13. The Morgan fingerprint density at radius 3 is 2.46 bits per heavy atom. The Hall–Kier alpha value is -1.27. The molecule has 1 heterocycles. The van der Waals surface area contributed by atoms with Gasteiger partial charge >= 0.3 is 0 Å². The first-order valence-electron chi connectivity index (χ1n) is 9.51. The summed E-state index contributed by atoms with van der Waals surface area (Å²) in [5.41, 5.74) is 1.60. The first kappa shape index (κ1) is 19.5. The SMILES string of the molecule is O=C(CCS(=O)(=O)C1CCCC1)Nc1ccc(N2CCCCC2)c(Cl)c1. The molecule has 1 amide bonds. The number of nitrogens with zero attached hydrogens (tertiary/aromatic N) is 1. The number of hydrogen-bond donors (Lipinski definition) is 1. The molecular weight excluding hydrogens is 372 g/mol. The average molecular weight is 399 g/mol. The maximum Gasteiger partial charge on any atom is 0.225 e. The third kappa shape index (κ3) is 4.92. The molecule has 5 nitrogen and oxygen atoms in total. The Bertz CT molecular complexity index is 739. The molecule has 1 N–H and O–H groups in total. The molecule has 7 heteroatoms. The summed E-state index contributed by atoms with van der Waals surface area (Å²) in [6.45, 7) is 2.01. The molecule has 0 aromatic heterocycles. The smallest absolute Gasteiger partial charge is 0.225 e. The van der Waals surface area contributed by atoms with Crippen molar-refractivity contribution in [2.45, 2.75) is 56.6 Å². The lowest BCUT2D eigenvalue weighted by molar-refractivity contribution is -0.115. The zero-order valence-corrected chi connectivity index (χ0v) is 16.6. The summed E-state index contributed by atoms with van der Waals surface area (Å²) in [5.74, 6) is -0.364. The fourth-order valence-corrected chi connectivity index (χ4v) is 6.00. The second-order valence-electron chi connectivity index (χ2n) is 7.29. The van der Waals surface area contributed by atoms with E-state index in [1.54, 1.807) is 6.07 Å². The lowest BCUT2D eigenvalue weighted by atomic mass is 10.1. The van der Waals surface area contributed by atoms with Gasteiger partial charge in [-0.2, -0.15) is 0 Å². The normalized spacial score (nSPS) is 18.9. The van der Waals surface area contributed by atoms with Crippen molar-refractivity contribution in [2.75, 3.05) is 29.1 Å². The lowest BCUT2D eigenvalue weighted by Gasteiger charge is -2.29. The molecule has 1 aliphatic carbocycles. The Balaban J connectivity index is 1.54. The second kappa shape index (κ2) is 8.61. The Morgan fingerprint density at radius 2 is 1.81 bits per heavy atom. The van der Waals surface area contributed by atoms with E-state index in [9.17, 15) is 13.2 Å². The van der Waals surface area contributed by atoms with Crippen molar-refractivity contribution in [2.24, 2.45) is 0 Å². The van der Waals surface area contributed by atoms with E-state index in [0.717, 1.165) is 44.5 Å². The van der Waals surface area contributed by atoms with Gasteiger partial charge in [-0.1, -0.05) is 24.4 Å². The molecule has 1 saturated heterocycles. The van der Waals surface area contributed by atoms with Crippen LogP contribution in [0.4, 0.5) is 11.4 Å². The standard InChI is InChI=1S/C19H27ClN2O3S/c20-17-14-15(8-9-18(17)22-11-4-1-5-12-22)21-19(23)10-13-26(24,25)16-6-2-3-7-16/h8-9,14,16H,1-7,10-13H2,(H,21,23). The number of carbonyl (C=O) groups excluding carboxylic acids is 1. The Labute approximate surface area is 161 Å². The summed E-state index contributed by atoms with van der Waals surface area (Å²) in [7, 11) is -3.17. The van der Waals surface area contributed by atoms with Crippen LogP contribution in [0, 0.1) is 0 Å². The van der Waals surface area contributed by atoms with Crippen molar-refractivity contribution in [3.05, 3.63) is 23.2 Å². The van der Waals surface area contributed by atoms with Crippen LogP contribution in [0.2, 0.25) is 5.02 Å². The van der Waals surface area contributed by atoms with Gasteiger partial charge in [-0.05, 0) is 50.3 Å². The molecular formula is C19H27ClN2O3S. The van der Waals surface area contributed by atoms with Gasteiger partial charge in [0.15, 0.2) is 9.84 Å². The van der Waals surface area contributed by atoms with Gasteiger partial charge in [0, 0.05) is 25.2 Å². The van der Waals surface area contributed by atoms with Gasteiger partial charge in [-0.3, -0.25) is 4.79 Å². The summed E-state index contributed by atoms with van der Waals surface area (Å²) >= 11 is 6.39. The van der Waals surface area contributed by atoms with E-state index in [4.69, 9.17) is 11.6 Å². The summed E-state index contributed by atoms with van der Waals surface area (Å²) in [6, 6.07) is 5.51. The molecule has 3 rings (SSSR count). The number of nitrogens with one attached hydrogen (secondary N) is 1. The Kier molecular flexibility index (Phi) is 6.46. The van der Waals surface area contributed by atoms with Crippen molar-refractivity contribution < 1.29 is 13.2 Å². The predicted octanol–water partition coefficient (Wildman–Crippen LogP) is 4.02. The van der Waals surface area contributed by atoms with Crippen LogP contribution < -0.4 is 10.2 Å². The van der Waals surface area contributed by atoms with E-state index >= 15 is 0 Å². The summed E-state index contributed by atoms with van der Waals surface area (Å²) < 4.78 is 24.5. The fourth-order valence-electron chi connectivity index (χ4n) is 3.85. The van der Waals surface area contributed by atoms with Gasteiger partial charge in [0.1, 0.15) is 0 Å². The molecule has 26 heavy (non-hydrogen) atoms. The van der Waals surface area contributed by atoms with Crippen LogP contribution in [0.3, 0.4) is 0 Å². The number of halogens is 1. The molecule has 0 bridgehead atoms. The quantitative estimate of drug-likeness (QED) is 0.785. The second-order valence-corrected chi connectivity index (χ2v) is 10.1. The van der Waals surface area contributed by atoms with Gasteiger partial charge < -0.3 is 10.2 Å². The van der Waals surface area contributed by atoms with Crippen LogP contribution in [-0.4, -0.2) is 38.4 Å². The first-order valence-corrected chi connectivity index (χ1v) is 11.6. The van der Waals surface area contributed by atoms with Crippen molar-refractivity contribution in [3.8, 4) is 0 Å². The number of amides is 1. The predicted molar refractivity (Wildman–Crippen MR) is 107 cm³/mol. The van der Waals surface area contributed by atoms with Crippen molar-refractivity contribution >= 4 is 38.7 Å². The van der Waals surface area contributed by atoms with Gasteiger partial charge in [-0.15, -0.1) is 0 Å². The molecule has 1 aromatic carbocycles. The average Bonchev–Trinajstić information content (AvgIpc) is 3.17. The highest BCUT2D eigenvalue weighted by molar-refractivity contribution is 7.92. The number of piperidine rings is 1. The van der Waals surface area contributed by atoms with Gasteiger partial charge in [-0.25, -0.2) is 8.42 Å². The van der Waals surface area contributed by atoms with Crippen LogP contribution in [0.15, 0.2) is 18.2 Å². The molecule has 2 fully saturated rings. The summed E-state index contributed by atoms with van der Waals surface area (Å²) in [4.78, 5) is 14.4. The minimum absolute atomic E-state index is 0.00959. The van der Waals surface area contributed by atoms with Crippen LogP contribution in [0.1, 0.15) is 51.4 Å². The maximum absolute atomic E-state index is 12.3. The molecule has 144 valence electrons. The van der Waals surface area contributed by atoms with Crippen LogP contribution in [0.25, 0.3) is 0 Å². The maximum atomic E-state index is 12.3. The molecule has 1 saturated carbocycles. The lowest BCUT2D eigenvalue weighted by Crippen LogP contribution is -2.29. The van der Waals surface area contributed by atoms with Crippen molar-refractivity contribution in [3.63, 3.8) is 0 Å². The number of carbonyl (C=O) groups is 1. The first-order chi connectivity index (χ1) is 12.5. The largest absolute Gasteiger partial charge is 0.370 e. The highest BCUT2D eigenvalue weighted by atomic mass is 35.5. The van der Waals surface area contributed by atoms with Crippen molar-refractivity contribution in [1.29, 1.82) is 0 Å². The van der Waals surface area contributed by atoms with Gasteiger partial charge in [0.25, 0.3) is 0 Å². The van der Waals surface area contributed by atoms with Gasteiger partial charge in [0.2, 0.25) is 5.91 Å². The zero-order valence-electron chi connectivity index (χ0n) is 15.0.